The average Bonchev–Trinajstić information content (AvgIpc) is 2.95. The molecule has 0 bridgehead atoms. The molecule has 0 aromatic heterocycles. The maximum absolute atomic E-state index is 12.0. The van der Waals surface area contributed by atoms with E-state index < -0.39 is 11.9 Å². The molecule has 2 N–H and O–H groups in total. The van der Waals surface area contributed by atoms with Gasteiger partial charge in [0.15, 0.2) is 0 Å². The lowest BCUT2D eigenvalue weighted by Crippen LogP contribution is -2.43. The van der Waals surface area contributed by atoms with Gasteiger partial charge < -0.3 is 15.4 Å². The summed E-state index contributed by atoms with van der Waals surface area (Å²) in [7, 11) is 1.58. The third-order valence-electron chi connectivity index (χ3n) is 3.25. The van der Waals surface area contributed by atoms with Crippen molar-refractivity contribution < 1.29 is 14.3 Å². The summed E-state index contributed by atoms with van der Waals surface area (Å²) >= 11 is 0. The van der Waals surface area contributed by atoms with E-state index in [2.05, 4.69) is 11.8 Å². The van der Waals surface area contributed by atoms with Crippen molar-refractivity contribution in [2.75, 3.05) is 13.7 Å². The first kappa shape index (κ1) is 13.9. The van der Waals surface area contributed by atoms with Crippen molar-refractivity contribution in [3.05, 3.63) is 29.8 Å². The number of nitrogens with two attached hydrogens (primary N) is 1. The summed E-state index contributed by atoms with van der Waals surface area (Å²) in [5, 5.41) is 0. The second-order valence-electron chi connectivity index (χ2n) is 4.54. The summed E-state index contributed by atoms with van der Waals surface area (Å²) in [6.07, 6.45) is 1.40. The summed E-state index contributed by atoms with van der Waals surface area (Å²) < 4.78 is 5.04. The Labute approximate surface area is 117 Å². The Hall–Kier alpha value is -2.48. The normalized spacial score (nSPS) is 17.2. The Kier molecular flexibility index (Phi) is 4.26. The van der Waals surface area contributed by atoms with Crippen molar-refractivity contribution in [1.29, 1.82) is 0 Å². The molecule has 0 saturated carbocycles. The fourth-order valence-corrected chi connectivity index (χ4v) is 2.18. The molecular formula is C15H16N2O3. The molecule has 5 nitrogen and oxygen atoms in total. The molecule has 1 aromatic carbocycles. The zero-order valence-corrected chi connectivity index (χ0v) is 11.3. The molecule has 20 heavy (non-hydrogen) atoms. The lowest BCUT2D eigenvalue weighted by molar-refractivity contribution is -0.132. The van der Waals surface area contributed by atoms with Crippen LogP contribution in [0.1, 0.15) is 18.4 Å². The Morgan fingerprint density at radius 1 is 1.35 bits per heavy atom. The van der Waals surface area contributed by atoms with E-state index in [1.165, 1.54) is 4.90 Å². The summed E-state index contributed by atoms with van der Waals surface area (Å²) in [5.41, 5.74) is 5.99. The van der Waals surface area contributed by atoms with E-state index in [0.717, 1.165) is 12.2 Å². The van der Waals surface area contributed by atoms with Crippen LogP contribution in [0.4, 0.5) is 0 Å². The summed E-state index contributed by atoms with van der Waals surface area (Å²) in [4.78, 5) is 24.6. The predicted molar refractivity (Wildman–Crippen MR) is 73.8 cm³/mol. The quantitative estimate of drug-likeness (QED) is 0.798. The van der Waals surface area contributed by atoms with Crippen LogP contribution < -0.4 is 10.5 Å². The van der Waals surface area contributed by atoms with Gasteiger partial charge in [0.25, 0.3) is 5.91 Å². The molecule has 1 aromatic rings. The number of carbonyl (C=O) groups is 2. The van der Waals surface area contributed by atoms with Crippen molar-refractivity contribution >= 4 is 11.8 Å². The number of methoxy groups -OCH3 is 1. The van der Waals surface area contributed by atoms with E-state index in [9.17, 15) is 9.59 Å². The van der Waals surface area contributed by atoms with Crippen LogP contribution in [0.5, 0.6) is 5.75 Å². The topological polar surface area (TPSA) is 72.6 Å². The maximum atomic E-state index is 12.0. The Morgan fingerprint density at radius 2 is 2.05 bits per heavy atom. The maximum Gasteiger partial charge on any atom is 0.299 e. The smallest absolute Gasteiger partial charge is 0.299 e. The molecule has 0 aliphatic carbocycles. The van der Waals surface area contributed by atoms with E-state index in [1.54, 1.807) is 31.4 Å². The molecule has 104 valence electrons. The number of likely N-dealkylation sites (tertiary alicyclic amines) is 1. The minimum atomic E-state index is -0.521. The van der Waals surface area contributed by atoms with Crippen molar-refractivity contribution in [2.45, 2.75) is 18.9 Å². The fraction of sp³-hybridized carbons (Fsp3) is 0.333. The van der Waals surface area contributed by atoms with Gasteiger partial charge in [-0.1, -0.05) is 5.92 Å². The first-order chi connectivity index (χ1) is 9.61. The van der Waals surface area contributed by atoms with Crippen LogP contribution in [0.3, 0.4) is 0 Å². The molecule has 1 saturated heterocycles. The summed E-state index contributed by atoms with van der Waals surface area (Å²) in [5.74, 6) is 5.24. The molecule has 1 atom stereocenters. The molecule has 1 heterocycles. The Balaban J connectivity index is 2.07. The summed E-state index contributed by atoms with van der Waals surface area (Å²) in [6, 6.07) is 6.57. The third-order valence-corrected chi connectivity index (χ3v) is 3.25. The van der Waals surface area contributed by atoms with E-state index >= 15 is 0 Å². The van der Waals surface area contributed by atoms with Gasteiger partial charge in [-0.3, -0.25) is 9.59 Å². The monoisotopic (exact) mass is 272 g/mol. The van der Waals surface area contributed by atoms with Gasteiger partial charge in [-0.15, -0.1) is 0 Å². The number of carbonyl (C=O) groups excluding carboxylic acids is 2. The van der Waals surface area contributed by atoms with Crippen LogP contribution in [-0.2, 0) is 9.59 Å². The molecule has 0 radical (unpaired) electrons. The average molecular weight is 272 g/mol. The van der Waals surface area contributed by atoms with Gasteiger partial charge in [-0.25, -0.2) is 0 Å². The lowest BCUT2D eigenvalue weighted by Gasteiger charge is -2.18. The van der Waals surface area contributed by atoms with Gasteiger partial charge in [0.05, 0.1) is 7.11 Å². The lowest BCUT2D eigenvalue weighted by atomic mass is 10.2. The number of nitrogens with zero attached hydrogens (tertiary/aromatic N) is 1. The molecule has 5 heteroatoms. The first-order valence-corrected chi connectivity index (χ1v) is 6.38. The van der Waals surface area contributed by atoms with E-state index in [-0.39, 0.29) is 5.91 Å². The molecule has 2 amide bonds. The second kappa shape index (κ2) is 6.11. The number of rotatable bonds is 2. The van der Waals surface area contributed by atoms with Crippen molar-refractivity contribution in [3.8, 4) is 17.6 Å². The van der Waals surface area contributed by atoms with Crippen LogP contribution in [0.25, 0.3) is 0 Å². The number of amides is 2. The molecule has 0 spiro atoms. The summed E-state index contributed by atoms with van der Waals surface area (Å²) in [6.45, 7) is 0.531. The molecule has 1 fully saturated rings. The zero-order chi connectivity index (χ0) is 14.5. The van der Waals surface area contributed by atoms with Crippen LogP contribution in [0, 0.1) is 11.8 Å². The van der Waals surface area contributed by atoms with Crippen molar-refractivity contribution in [1.82, 2.24) is 4.90 Å². The number of primary amides is 1. The SMILES string of the molecule is COc1ccc(C#CC(=O)N2CCC[C@H]2C(N)=O)cc1. The minimum absolute atomic E-state index is 0.359. The van der Waals surface area contributed by atoms with E-state index in [1.807, 2.05) is 0 Å². The van der Waals surface area contributed by atoms with Gasteiger partial charge in [-0.05, 0) is 37.1 Å². The molecule has 1 aliphatic heterocycles. The van der Waals surface area contributed by atoms with E-state index in [4.69, 9.17) is 10.5 Å². The highest BCUT2D eigenvalue weighted by molar-refractivity contribution is 5.97. The molecule has 0 unspecified atom stereocenters. The second-order valence-corrected chi connectivity index (χ2v) is 4.54. The molecular weight excluding hydrogens is 256 g/mol. The number of hydrogen-bond donors (Lipinski definition) is 1. The van der Waals surface area contributed by atoms with Crippen LogP contribution in [0.15, 0.2) is 24.3 Å². The zero-order valence-electron chi connectivity index (χ0n) is 11.3. The largest absolute Gasteiger partial charge is 0.497 e. The van der Waals surface area contributed by atoms with E-state index in [0.29, 0.717) is 18.5 Å². The van der Waals surface area contributed by atoms with Crippen molar-refractivity contribution in [3.63, 3.8) is 0 Å². The predicted octanol–water partition coefficient (Wildman–Crippen LogP) is 0.523. The van der Waals surface area contributed by atoms with Crippen LogP contribution >= 0.6 is 0 Å². The molecule has 2 rings (SSSR count). The number of hydrogen-bond acceptors (Lipinski definition) is 3. The highest BCUT2D eigenvalue weighted by atomic mass is 16.5. The molecule has 1 aliphatic rings. The van der Waals surface area contributed by atoms with Crippen LogP contribution in [0.2, 0.25) is 0 Å². The Bertz CT molecular complexity index is 569. The highest BCUT2D eigenvalue weighted by Crippen LogP contribution is 2.16. The van der Waals surface area contributed by atoms with Gasteiger partial charge in [-0.2, -0.15) is 0 Å². The minimum Gasteiger partial charge on any atom is -0.497 e. The Morgan fingerprint density at radius 3 is 2.65 bits per heavy atom. The van der Waals surface area contributed by atoms with Gasteiger partial charge in [0.1, 0.15) is 11.8 Å². The van der Waals surface area contributed by atoms with Crippen molar-refractivity contribution in [2.24, 2.45) is 5.73 Å². The number of ether oxygens (including phenoxy) is 1. The highest BCUT2D eigenvalue weighted by Gasteiger charge is 2.31. The van der Waals surface area contributed by atoms with Gasteiger partial charge >= 0.3 is 0 Å². The van der Waals surface area contributed by atoms with Gasteiger partial charge in [0, 0.05) is 18.0 Å². The first-order valence-electron chi connectivity index (χ1n) is 6.38. The third kappa shape index (κ3) is 3.09. The number of benzene rings is 1. The van der Waals surface area contributed by atoms with Crippen LogP contribution in [-0.4, -0.2) is 36.4 Å². The fourth-order valence-electron chi connectivity index (χ4n) is 2.18. The standard InChI is InChI=1S/C15H16N2O3/c1-20-12-7-4-11(5-8-12)6-9-14(18)17-10-2-3-13(17)15(16)19/h4-5,7-8,13H,2-3,10H2,1H3,(H2,16,19)/t13-/m0/s1. The van der Waals surface area contributed by atoms with Gasteiger partial charge in [0.2, 0.25) is 5.91 Å².